The van der Waals surface area contributed by atoms with Gasteiger partial charge in [0.05, 0.1) is 21.1 Å². The van der Waals surface area contributed by atoms with Crippen molar-refractivity contribution in [3.8, 4) is 11.4 Å². The summed E-state index contributed by atoms with van der Waals surface area (Å²) in [4.78, 5) is 15.9. The summed E-state index contributed by atoms with van der Waals surface area (Å²) in [5.74, 6) is 0.800. The maximum atomic E-state index is 11.0. The fourth-order valence-corrected chi connectivity index (χ4v) is 4.05. The van der Waals surface area contributed by atoms with Crippen LogP contribution in [0.25, 0.3) is 33.2 Å². The molecule has 1 aromatic heterocycles. The van der Waals surface area contributed by atoms with Crippen LogP contribution >= 0.6 is 23.2 Å². The van der Waals surface area contributed by atoms with Crippen LogP contribution in [-0.2, 0) is 6.54 Å². The minimum atomic E-state index is 0.474. The second-order valence-corrected chi connectivity index (χ2v) is 8.01. The highest BCUT2D eigenvalue weighted by atomic mass is 35.5. The first-order valence-electron chi connectivity index (χ1n) is 9.51. The number of hydrogen-bond acceptors (Lipinski definition) is 2. The summed E-state index contributed by atoms with van der Waals surface area (Å²) in [6, 6.07) is 25.8. The third kappa shape index (κ3) is 3.36. The average molecular weight is 431 g/mol. The standard InChI is InChI=1S/C25H16Cl2N2O/c26-21-12-23-24(13-22(21)27)29(25(28-23)19-9-5-16(15-30)6-10-19)14-17-7-8-18-3-1-2-4-20(18)11-17/h1-13,15H,14H2. The van der Waals surface area contributed by atoms with Crippen molar-refractivity contribution in [3.63, 3.8) is 0 Å². The van der Waals surface area contributed by atoms with E-state index in [-0.39, 0.29) is 0 Å². The molecule has 0 spiro atoms. The lowest BCUT2D eigenvalue weighted by molar-refractivity contribution is 0.112. The molecule has 0 saturated heterocycles. The smallest absolute Gasteiger partial charge is 0.150 e. The number of fused-ring (bicyclic) bond motifs is 2. The van der Waals surface area contributed by atoms with Gasteiger partial charge in [-0.05, 0) is 34.5 Å². The zero-order chi connectivity index (χ0) is 20.7. The van der Waals surface area contributed by atoms with Gasteiger partial charge in [-0.2, -0.15) is 0 Å². The molecule has 0 fully saturated rings. The highest BCUT2D eigenvalue weighted by Gasteiger charge is 2.15. The number of imidazole rings is 1. The molecule has 5 rings (SSSR count). The van der Waals surface area contributed by atoms with Crippen LogP contribution in [0, 0.1) is 0 Å². The van der Waals surface area contributed by atoms with Crippen molar-refractivity contribution in [1.82, 2.24) is 9.55 Å². The van der Waals surface area contributed by atoms with Crippen molar-refractivity contribution >= 4 is 51.3 Å². The SMILES string of the molecule is O=Cc1ccc(-c2nc3cc(Cl)c(Cl)cc3n2Cc2ccc3ccccc3c2)cc1. The van der Waals surface area contributed by atoms with Gasteiger partial charge in [0, 0.05) is 17.7 Å². The van der Waals surface area contributed by atoms with E-state index in [0.29, 0.717) is 22.2 Å². The number of halogens is 2. The van der Waals surface area contributed by atoms with Crippen LogP contribution in [0.5, 0.6) is 0 Å². The Labute approximate surface area is 183 Å². The quantitative estimate of drug-likeness (QED) is 0.287. The molecule has 0 aliphatic rings. The van der Waals surface area contributed by atoms with Gasteiger partial charge in [0.25, 0.3) is 0 Å². The molecule has 5 aromatic rings. The third-order valence-corrected chi connectivity index (χ3v) is 5.97. The van der Waals surface area contributed by atoms with E-state index in [4.69, 9.17) is 28.2 Å². The molecule has 0 aliphatic heterocycles. The topological polar surface area (TPSA) is 34.9 Å². The average Bonchev–Trinajstić information content (AvgIpc) is 3.11. The van der Waals surface area contributed by atoms with E-state index < -0.39 is 0 Å². The number of rotatable bonds is 4. The molecular weight excluding hydrogens is 415 g/mol. The van der Waals surface area contributed by atoms with Crippen molar-refractivity contribution < 1.29 is 4.79 Å². The van der Waals surface area contributed by atoms with Crippen LogP contribution in [0.3, 0.4) is 0 Å². The summed E-state index contributed by atoms with van der Waals surface area (Å²) in [6.45, 7) is 0.629. The second kappa shape index (κ2) is 7.60. The Morgan fingerprint density at radius 3 is 2.33 bits per heavy atom. The lowest BCUT2D eigenvalue weighted by Gasteiger charge is -2.11. The Balaban J connectivity index is 1.68. The molecule has 0 unspecified atom stereocenters. The van der Waals surface area contributed by atoms with Crippen LogP contribution in [0.1, 0.15) is 15.9 Å². The summed E-state index contributed by atoms with van der Waals surface area (Å²) in [6.07, 6.45) is 0.835. The molecule has 0 aliphatic carbocycles. The minimum Gasteiger partial charge on any atom is -0.319 e. The fourth-order valence-electron chi connectivity index (χ4n) is 3.73. The molecule has 4 aromatic carbocycles. The molecule has 1 heterocycles. The largest absolute Gasteiger partial charge is 0.319 e. The number of carbonyl (C=O) groups is 1. The molecule has 0 atom stereocenters. The fraction of sp³-hybridized carbons (Fsp3) is 0.0400. The van der Waals surface area contributed by atoms with E-state index >= 15 is 0 Å². The van der Waals surface area contributed by atoms with E-state index in [0.717, 1.165) is 34.3 Å². The van der Waals surface area contributed by atoms with Crippen LogP contribution in [-0.4, -0.2) is 15.8 Å². The first-order chi connectivity index (χ1) is 14.6. The maximum Gasteiger partial charge on any atom is 0.150 e. The highest BCUT2D eigenvalue weighted by Crippen LogP contribution is 2.32. The molecule has 5 heteroatoms. The molecule has 0 N–H and O–H groups in total. The zero-order valence-electron chi connectivity index (χ0n) is 15.8. The van der Waals surface area contributed by atoms with Gasteiger partial charge in [0.1, 0.15) is 12.1 Å². The van der Waals surface area contributed by atoms with Gasteiger partial charge in [-0.1, -0.05) is 83.9 Å². The number of nitrogens with zero attached hydrogens (tertiary/aromatic N) is 2. The highest BCUT2D eigenvalue weighted by molar-refractivity contribution is 6.42. The lowest BCUT2D eigenvalue weighted by Crippen LogP contribution is -2.02. The third-order valence-electron chi connectivity index (χ3n) is 5.25. The first kappa shape index (κ1) is 18.9. The van der Waals surface area contributed by atoms with E-state index in [1.165, 1.54) is 10.8 Å². The lowest BCUT2D eigenvalue weighted by atomic mass is 10.1. The van der Waals surface area contributed by atoms with E-state index in [2.05, 4.69) is 34.9 Å². The van der Waals surface area contributed by atoms with Gasteiger partial charge in [-0.15, -0.1) is 0 Å². The summed E-state index contributed by atoms with van der Waals surface area (Å²) in [5.41, 5.74) is 4.39. The van der Waals surface area contributed by atoms with E-state index in [1.54, 1.807) is 18.2 Å². The first-order valence-corrected chi connectivity index (χ1v) is 10.3. The van der Waals surface area contributed by atoms with Gasteiger partial charge < -0.3 is 4.57 Å². The van der Waals surface area contributed by atoms with E-state index in [1.807, 2.05) is 30.3 Å². The van der Waals surface area contributed by atoms with Crippen molar-refractivity contribution in [3.05, 3.63) is 100 Å². The molecule has 0 bridgehead atoms. The van der Waals surface area contributed by atoms with Crippen molar-refractivity contribution in [2.24, 2.45) is 0 Å². The maximum absolute atomic E-state index is 11.0. The zero-order valence-corrected chi connectivity index (χ0v) is 17.4. The van der Waals surface area contributed by atoms with Gasteiger partial charge in [0.2, 0.25) is 0 Å². The Morgan fingerprint density at radius 1 is 0.833 bits per heavy atom. The number of benzene rings is 4. The number of aromatic nitrogens is 2. The van der Waals surface area contributed by atoms with Gasteiger partial charge in [-0.3, -0.25) is 4.79 Å². The van der Waals surface area contributed by atoms with Crippen molar-refractivity contribution in [2.45, 2.75) is 6.54 Å². The van der Waals surface area contributed by atoms with E-state index in [9.17, 15) is 4.79 Å². The minimum absolute atomic E-state index is 0.474. The molecule has 0 radical (unpaired) electrons. The van der Waals surface area contributed by atoms with Gasteiger partial charge in [0.15, 0.2) is 0 Å². The number of aldehydes is 1. The Hall–Kier alpha value is -3.14. The van der Waals surface area contributed by atoms with Gasteiger partial charge >= 0.3 is 0 Å². The molecule has 0 saturated carbocycles. The summed E-state index contributed by atoms with van der Waals surface area (Å²) < 4.78 is 2.14. The predicted octanol–water partition coefficient (Wildman–Crippen LogP) is 7.02. The summed E-state index contributed by atoms with van der Waals surface area (Å²) in [5, 5.41) is 3.36. The van der Waals surface area contributed by atoms with Crippen LogP contribution < -0.4 is 0 Å². The number of hydrogen-bond donors (Lipinski definition) is 0. The van der Waals surface area contributed by atoms with Crippen molar-refractivity contribution in [2.75, 3.05) is 0 Å². The van der Waals surface area contributed by atoms with Crippen LogP contribution in [0.2, 0.25) is 10.0 Å². The summed E-state index contributed by atoms with van der Waals surface area (Å²) >= 11 is 12.6. The van der Waals surface area contributed by atoms with Crippen molar-refractivity contribution in [1.29, 1.82) is 0 Å². The molecule has 3 nitrogen and oxygen atoms in total. The van der Waals surface area contributed by atoms with Crippen LogP contribution in [0.4, 0.5) is 0 Å². The Bertz CT molecular complexity index is 1400. The second-order valence-electron chi connectivity index (χ2n) is 7.20. The number of carbonyl (C=O) groups excluding carboxylic acids is 1. The Kier molecular flexibility index (Phi) is 4.78. The molecular formula is C25H16Cl2N2O. The Morgan fingerprint density at radius 2 is 1.57 bits per heavy atom. The van der Waals surface area contributed by atoms with Gasteiger partial charge in [-0.25, -0.2) is 4.98 Å². The predicted molar refractivity (Wildman–Crippen MR) is 124 cm³/mol. The monoisotopic (exact) mass is 430 g/mol. The van der Waals surface area contributed by atoms with Crippen LogP contribution in [0.15, 0.2) is 78.9 Å². The summed E-state index contributed by atoms with van der Waals surface area (Å²) in [7, 11) is 0. The molecule has 146 valence electrons. The molecule has 30 heavy (non-hydrogen) atoms. The normalized spacial score (nSPS) is 11.3. The molecule has 0 amide bonds.